The number of amides is 1. The molecule has 7 nitrogen and oxygen atoms in total. The zero-order valence-electron chi connectivity index (χ0n) is 17.2. The molecule has 0 saturated carbocycles. The number of thioether (sulfide) groups is 1. The van der Waals surface area contributed by atoms with Crippen molar-refractivity contribution < 1.29 is 19.0 Å². The molecule has 8 heteroatoms. The lowest BCUT2D eigenvalue weighted by Crippen LogP contribution is -2.36. The van der Waals surface area contributed by atoms with Gasteiger partial charge in [-0.25, -0.2) is 4.99 Å². The van der Waals surface area contributed by atoms with Crippen molar-refractivity contribution in [2.45, 2.75) is 0 Å². The average Bonchev–Trinajstić information content (AvgIpc) is 3.08. The van der Waals surface area contributed by atoms with Crippen molar-refractivity contribution in [1.29, 1.82) is 0 Å². The van der Waals surface area contributed by atoms with Crippen LogP contribution in [-0.4, -0.2) is 62.5 Å². The molecule has 31 heavy (non-hydrogen) atoms. The number of rotatable bonds is 3. The predicted molar refractivity (Wildman–Crippen MR) is 122 cm³/mol. The predicted octanol–water partition coefficient (Wildman–Crippen LogP) is 3.53. The molecule has 0 unspecified atom stereocenters. The van der Waals surface area contributed by atoms with E-state index in [1.54, 1.807) is 11.9 Å². The second-order valence-corrected chi connectivity index (χ2v) is 8.40. The molecule has 3 aliphatic rings. The van der Waals surface area contributed by atoms with Gasteiger partial charge in [-0.15, -0.1) is 0 Å². The zero-order chi connectivity index (χ0) is 21.2. The van der Waals surface area contributed by atoms with E-state index in [0.29, 0.717) is 29.0 Å². The number of fused-ring (bicyclic) bond motifs is 1. The van der Waals surface area contributed by atoms with Gasteiger partial charge in [0.2, 0.25) is 0 Å². The Morgan fingerprint density at radius 2 is 1.71 bits per heavy atom. The smallest absolute Gasteiger partial charge is 0.266 e. The molecular formula is C23H23N3O4S. The van der Waals surface area contributed by atoms with Crippen molar-refractivity contribution in [1.82, 2.24) is 4.90 Å². The Bertz CT molecular complexity index is 1050. The maximum absolute atomic E-state index is 12.7. The molecule has 0 bridgehead atoms. The third kappa shape index (κ3) is 4.26. The highest BCUT2D eigenvalue weighted by atomic mass is 32.2. The van der Waals surface area contributed by atoms with Gasteiger partial charge in [0.1, 0.15) is 13.2 Å². The molecule has 0 aromatic heterocycles. The topological polar surface area (TPSA) is 63.6 Å². The van der Waals surface area contributed by atoms with Gasteiger partial charge in [0.15, 0.2) is 16.7 Å². The number of likely N-dealkylation sites (N-methyl/N-ethyl adjacent to an activating group) is 1. The maximum Gasteiger partial charge on any atom is 0.266 e. The molecule has 5 rings (SSSR count). The molecule has 0 spiro atoms. The van der Waals surface area contributed by atoms with E-state index >= 15 is 0 Å². The van der Waals surface area contributed by atoms with Crippen molar-refractivity contribution in [3.63, 3.8) is 0 Å². The van der Waals surface area contributed by atoms with Gasteiger partial charge >= 0.3 is 0 Å². The summed E-state index contributed by atoms with van der Waals surface area (Å²) in [4.78, 5) is 22.0. The van der Waals surface area contributed by atoms with Crippen molar-refractivity contribution in [3.8, 4) is 11.5 Å². The number of morpholine rings is 1. The molecule has 0 radical (unpaired) electrons. The van der Waals surface area contributed by atoms with Crippen LogP contribution in [0.2, 0.25) is 0 Å². The van der Waals surface area contributed by atoms with Crippen molar-refractivity contribution in [2.24, 2.45) is 4.99 Å². The number of hydrogen-bond acceptors (Lipinski definition) is 7. The lowest BCUT2D eigenvalue weighted by Gasteiger charge is -2.28. The Morgan fingerprint density at radius 3 is 2.48 bits per heavy atom. The molecule has 1 amide bonds. The van der Waals surface area contributed by atoms with Crippen LogP contribution < -0.4 is 14.4 Å². The van der Waals surface area contributed by atoms with Gasteiger partial charge in [-0.05, 0) is 59.8 Å². The van der Waals surface area contributed by atoms with E-state index < -0.39 is 0 Å². The fourth-order valence-electron chi connectivity index (χ4n) is 3.62. The third-order valence-electron chi connectivity index (χ3n) is 5.32. The Kier molecular flexibility index (Phi) is 5.57. The lowest BCUT2D eigenvalue weighted by atomic mass is 10.1. The fourth-order valence-corrected chi connectivity index (χ4v) is 4.61. The minimum atomic E-state index is -0.0661. The van der Waals surface area contributed by atoms with Gasteiger partial charge in [0.25, 0.3) is 5.91 Å². The van der Waals surface area contributed by atoms with Crippen molar-refractivity contribution in [2.75, 3.05) is 51.5 Å². The van der Waals surface area contributed by atoms with E-state index in [-0.39, 0.29) is 5.91 Å². The molecule has 2 fully saturated rings. The molecule has 0 aliphatic carbocycles. The number of ether oxygens (including phenoxy) is 3. The van der Waals surface area contributed by atoms with Gasteiger partial charge in [-0.2, -0.15) is 0 Å². The quantitative estimate of drug-likeness (QED) is 0.685. The van der Waals surface area contributed by atoms with Gasteiger partial charge in [-0.1, -0.05) is 6.07 Å². The Labute approximate surface area is 185 Å². The first-order chi connectivity index (χ1) is 15.2. The van der Waals surface area contributed by atoms with E-state index in [1.807, 2.05) is 36.4 Å². The van der Waals surface area contributed by atoms with Gasteiger partial charge in [0.05, 0.1) is 23.8 Å². The second-order valence-electron chi connectivity index (χ2n) is 7.39. The molecule has 160 valence electrons. The summed E-state index contributed by atoms with van der Waals surface area (Å²) in [6.07, 6.45) is 1.87. The van der Waals surface area contributed by atoms with Crippen LogP contribution in [0.5, 0.6) is 11.5 Å². The molecule has 3 heterocycles. The highest BCUT2D eigenvalue weighted by Gasteiger charge is 2.30. The summed E-state index contributed by atoms with van der Waals surface area (Å²) in [5, 5.41) is 0.660. The average molecular weight is 438 g/mol. The largest absolute Gasteiger partial charge is 0.486 e. The number of carbonyl (C=O) groups excluding carboxylic acids is 1. The number of nitrogens with zero attached hydrogens (tertiary/aromatic N) is 3. The van der Waals surface area contributed by atoms with Crippen LogP contribution in [0.3, 0.4) is 0 Å². The monoisotopic (exact) mass is 437 g/mol. The molecule has 0 N–H and O–H groups in total. The highest BCUT2D eigenvalue weighted by Crippen LogP contribution is 2.36. The number of hydrogen-bond donors (Lipinski definition) is 0. The molecular weight excluding hydrogens is 414 g/mol. The third-order valence-corrected chi connectivity index (χ3v) is 6.38. The lowest BCUT2D eigenvalue weighted by molar-refractivity contribution is -0.121. The van der Waals surface area contributed by atoms with Crippen LogP contribution >= 0.6 is 11.8 Å². The standard InChI is InChI=1S/C23H23N3O4S/c1-25-22(27)21(15-16-2-7-19-20(14-16)30-13-12-29-19)31-23(25)24-17-3-5-18(6-4-17)26-8-10-28-11-9-26/h2-7,14-15H,8-13H2,1H3/b21-15-,24-23?. The number of benzene rings is 2. The van der Waals surface area contributed by atoms with Crippen LogP contribution in [0, 0.1) is 0 Å². The van der Waals surface area contributed by atoms with Crippen LogP contribution in [0.25, 0.3) is 6.08 Å². The van der Waals surface area contributed by atoms with Crippen LogP contribution in [0.1, 0.15) is 5.56 Å². The maximum atomic E-state index is 12.7. The minimum absolute atomic E-state index is 0.0661. The van der Waals surface area contributed by atoms with Crippen LogP contribution in [-0.2, 0) is 9.53 Å². The molecule has 2 aromatic rings. The Hall–Kier alpha value is -2.97. The van der Waals surface area contributed by atoms with Gasteiger partial charge in [-0.3, -0.25) is 9.69 Å². The normalized spacial score (nSPS) is 21.3. The summed E-state index contributed by atoms with van der Waals surface area (Å²) in [5.41, 5.74) is 2.87. The number of aliphatic imine (C=N–C) groups is 1. The number of anilines is 1. The second kappa shape index (κ2) is 8.64. The first kappa shape index (κ1) is 20.0. The van der Waals surface area contributed by atoms with E-state index in [1.165, 1.54) is 11.8 Å². The minimum Gasteiger partial charge on any atom is -0.486 e. The van der Waals surface area contributed by atoms with Crippen LogP contribution in [0.15, 0.2) is 52.4 Å². The van der Waals surface area contributed by atoms with Crippen molar-refractivity contribution in [3.05, 3.63) is 52.9 Å². The van der Waals surface area contributed by atoms with Crippen molar-refractivity contribution >= 4 is 40.3 Å². The summed E-state index contributed by atoms with van der Waals surface area (Å²) in [6.45, 7) is 4.40. The van der Waals surface area contributed by atoms with E-state index in [0.717, 1.165) is 49.0 Å². The van der Waals surface area contributed by atoms with E-state index in [4.69, 9.17) is 19.2 Å². The summed E-state index contributed by atoms with van der Waals surface area (Å²) < 4.78 is 16.6. The summed E-state index contributed by atoms with van der Waals surface area (Å²) >= 11 is 1.37. The number of amidine groups is 1. The fraction of sp³-hybridized carbons (Fsp3) is 0.304. The SMILES string of the molecule is CN1C(=O)/C(=C/c2ccc3c(c2)OCCO3)SC1=Nc1ccc(N2CCOCC2)cc1. The summed E-state index contributed by atoms with van der Waals surface area (Å²) in [6, 6.07) is 13.8. The summed E-state index contributed by atoms with van der Waals surface area (Å²) in [7, 11) is 1.75. The summed E-state index contributed by atoms with van der Waals surface area (Å²) in [5.74, 6) is 1.38. The zero-order valence-corrected chi connectivity index (χ0v) is 18.1. The highest BCUT2D eigenvalue weighted by molar-refractivity contribution is 8.18. The molecule has 3 aliphatic heterocycles. The van der Waals surface area contributed by atoms with Gasteiger partial charge < -0.3 is 19.1 Å². The van der Waals surface area contributed by atoms with Crippen LogP contribution in [0.4, 0.5) is 11.4 Å². The first-order valence-electron chi connectivity index (χ1n) is 10.3. The van der Waals surface area contributed by atoms with E-state index in [2.05, 4.69) is 17.0 Å². The first-order valence-corrected chi connectivity index (χ1v) is 11.1. The Morgan fingerprint density at radius 1 is 0.968 bits per heavy atom. The van der Waals surface area contributed by atoms with E-state index in [9.17, 15) is 4.79 Å². The number of carbonyl (C=O) groups is 1. The molecule has 2 aromatic carbocycles. The molecule has 2 saturated heterocycles. The molecule has 0 atom stereocenters. The Balaban J connectivity index is 1.33. The van der Waals surface area contributed by atoms with Gasteiger partial charge in [0, 0.05) is 25.8 Å².